The van der Waals surface area contributed by atoms with Crippen molar-refractivity contribution >= 4 is 17.6 Å². The first-order valence-electron chi connectivity index (χ1n) is 7.75. The van der Waals surface area contributed by atoms with Crippen LogP contribution >= 0.6 is 0 Å². The number of para-hydroxylation sites is 1. The molecule has 1 amide bonds. The summed E-state index contributed by atoms with van der Waals surface area (Å²) in [5.41, 5.74) is 2.26. The second-order valence-electron chi connectivity index (χ2n) is 5.68. The highest BCUT2D eigenvalue weighted by Crippen LogP contribution is 2.26. The Balaban J connectivity index is 1.55. The number of pyridine rings is 1. The number of fused-ring (bicyclic) bond motifs is 2. The number of rotatable bonds is 3. The second-order valence-corrected chi connectivity index (χ2v) is 5.68. The average molecular weight is 320 g/mol. The number of benzene rings is 1. The number of carbonyl (C=O) groups is 1. The zero-order valence-corrected chi connectivity index (χ0v) is 13.1. The van der Waals surface area contributed by atoms with Crippen LogP contribution in [0, 0.1) is 0 Å². The Morgan fingerprint density at radius 1 is 1.21 bits per heavy atom. The molecule has 0 spiro atoms. The van der Waals surface area contributed by atoms with Crippen LogP contribution in [0.5, 0.6) is 5.75 Å². The van der Waals surface area contributed by atoms with Crippen molar-refractivity contribution in [2.24, 2.45) is 0 Å². The van der Waals surface area contributed by atoms with E-state index in [1.54, 1.807) is 0 Å². The third kappa shape index (κ3) is 2.52. The summed E-state index contributed by atoms with van der Waals surface area (Å²) in [6, 6.07) is 13.1. The molecule has 1 N–H and O–H groups in total. The lowest BCUT2D eigenvalue weighted by Gasteiger charge is -2.19. The summed E-state index contributed by atoms with van der Waals surface area (Å²) in [5, 5.41) is 11.3. The van der Waals surface area contributed by atoms with Crippen LogP contribution in [-0.2, 0) is 4.79 Å². The van der Waals surface area contributed by atoms with Crippen molar-refractivity contribution in [3.05, 3.63) is 65.6 Å². The Morgan fingerprint density at radius 3 is 2.96 bits per heavy atom. The van der Waals surface area contributed by atoms with Gasteiger partial charge in [0.15, 0.2) is 11.5 Å². The van der Waals surface area contributed by atoms with Gasteiger partial charge in [-0.25, -0.2) is 0 Å². The number of ether oxygens (including phenoxy) is 1. The fraction of sp³-hybridized carbons (Fsp3) is 0.167. The molecule has 1 atom stereocenters. The van der Waals surface area contributed by atoms with Crippen LogP contribution in [0.2, 0.25) is 0 Å². The zero-order valence-electron chi connectivity index (χ0n) is 13.1. The lowest BCUT2D eigenvalue weighted by molar-refractivity contribution is -0.118. The normalized spacial score (nSPS) is 14.5. The zero-order chi connectivity index (χ0) is 16.5. The van der Waals surface area contributed by atoms with Gasteiger partial charge in [0, 0.05) is 11.8 Å². The molecule has 0 radical (unpaired) electrons. The fourth-order valence-electron chi connectivity index (χ4n) is 2.76. The van der Waals surface area contributed by atoms with E-state index in [0.717, 1.165) is 17.0 Å². The molecule has 1 aliphatic rings. The van der Waals surface area contributed by atoms with Gasteiger partial charge in [-0.1, -0.05) is 24.3 Å². The van der Waals surface area contributed by atoms with Gasteiger partial charge in [-0.3, -0.25) is 9.20 Å². The Hall–Kier alpha value is -3.15. The molecule has 1 aromatic carbocycles. The molecule has 0 unspecified atom stereocenters. The lowest BCUT2D eigenvalue weighted by atomic mass is 10.1. The number of hydrogen-bond acceptors (Lipinski definition) is 4. The minimum Gasteiger partial charge on any atom is -0.488 e. The second kappa shape index (κ2) is 5.81. The molecule has 0 fully saturated rings. The molecule has 120 valence electrons. The van der Waals surface area contributed by atoms with Crippen molar-refractivity contribution in [1.82, 2.24) is 19.9 Å². The molecule has 0 saturated heterocycles. The minimum atomic E-state index is -0.270. The number of carbonyl (C=O) groups excluding carboxylic acids is 1. The van der Waals surface area contributed by atoms with Crippen molar-refractivity contribution in [2.75, 3.05) is 6.61 Å². The number of aromatic nitrogens is 3. The summed E-state index contributed by atoms with van der Waals surface area (Å²) in [6.45, 7) is 2.15. The van der Waals surface area contributed by atoms with Gasteiger partial charge in [-0.2, -0.15) is 0 Å². The summed E-state index contributed by atoms with van der Waals surface area (Å²) < 4.78 is 7.50. The topological polar surface area (TPSA) is 68.5 Å². The Bertz CT molecular complexity index is 945. The van der Waals surface area contributed by atoms with Crippen LogP contribution in [0.3, 0.4) is 0 Å². The molecule has 24 heavy (non-hydrogen) atoms. The van der Waals surface area contributed by atoms with E-state index >= 15 is 0 Å². The van der Waals surface area contributed by atoms with Gasteiger partial charge < -0.3 is 10.1 Å². The van der Waals surface area contributed by atoms with Crippen LogP contribution < -0.4 is 10.1 Å². The minimum absolute atomic E-state index is 0.162. The van der Waals surface area contributed by atoms with Gasteiger partial charge in [0.25, 0.3) is 5.91 Å². The first-order chi connectivity index (χ1) is 11.7. The third-order valence-corrected chi connectivity index (χ3v) is 4.00. The maximum absolute atomic E-state index is 12.5. The first kappa shape index (κ1) is 14.4. The standard InChI is InChI=1S/C18H16N4O2/c1-12(17-21-20-16-8-4-5-9-22(16)17)19-18(23)14-10-13-6-2-3-7-15(13)24-11-14/h2-10,12H,11H2,1H3,(H,19,23)/t12-/m0/s1. The van der Waals surface area contributed by atoms with Crippen molar-refractivity contribution in [3.63, 3.8) is 0 Å². The van der Waals surface area contributed by atoms with Crippen molar-refractivity contribution in [3.8, 4) is 5.75 Å². The highest BCUT2D eigenvalue weighted by molar-refractivity contribution is 5.99. The van der Waals surface area contributed by atoms with Gasteiger partial charge in [-0.15, -0.1) is 10.2 Å². The number of hydrogen-bond donors (Lipinski definition) is 1. The molecule has 6 nitrogen and oxygen atoms in total. The van der Waals surface area contributed by atoms with E-state index in [-0.39, 0.29) is 18.6 Å². The predicted octanol–water partition coefficient (Wildman–Crippen LogP) is 2.38. The summed E-state index contributed by atoms with van der Waals surface area (Å²) in [5.74, 6) is 1.33. The molecular formula is C18H16N4O2. The van der Waals surface area contributed by atoms with E-state index in [0.29, 0.717) is 11.4 Å². The van der Waals surface area contributed by atoms with Crippen LogP contribution in [0.4, 0.5) is 0 Å². The molecule has 0 saturated carbocycles. The smallest absolute Gasteiger partial charge is 0.251 e. The van der Waals surface area contributed by atoms with E-state index in [9.17, 15) is 4.79 Å². The average Bonchev–Trinajstić information content (AvgIpc) is 3.05. The van der Waals surface area contributed by atoms with Gasteiger partial charge in [0.05, 0.1) is 11.6 Å². The van der Waals surface area contributed by atoms with Gasteiger partial charge in [-0.05, 0) is 31.2 Å². The molecule has 3 heterocycles. The maximum Gasteiger partial charge on any atom is 0.251 e. The molecule has 2 aromatic heterocycles. The largest absolute Gasteiger partial charge is 0.488 e. The van der Waals surface area contributed by atoms with Gasteiger partial charge in [0.2, 0.25) is 0 Å². The first-order valence-corrected chi connectivity index (χ1v) is 7.75. The van der Waals surface area contributed by atoms with Gasteiger partial charge >= 0.3 is 0 Å². The highest BCUT2D eigenvalue weighted by Gasteiger charge is 2.21. The molecule has 0 bridgehead atoms. The third-order valence-electron chi connectivity index (χ3n) is 4.00. The summed E-state index contributed by atoms with van der Waals surface area (Å²) >= 11 is 0. The molecule has 4 rings (SSSR count). The predicted molar refractivity (Wildman–Crippen MR) is 89.5 cm³/mol. The van der Waals surface area contributed by atoms with Crippen molar-refractivity contribution in [1.29, 1.82) is 0 Å². The fourth-order valence-corrected chi connectivity index (χ4v) is 2.76. The van der Waals surface area contributed by atoms with Crippen LogP contribution in [0.1, 0.15) is 24.4 Å². The van der Waals surface area contributed by atoms with E-state index in [1.165, 1.54) is 0 Å². The molecule has 3 aromatic rings. The van der Waals surface area contributed by atoms with Crippen LogP contribution in [-0.4, -0.2) is 27.1 Å². The molecule has 0 aliphatic carbocycles. The van der Waals surface area contributed by atoms with E-state index in [1.807, 2.05) is 66.1 Å². The summed E-state index contributed by atoms with van der Waals surface area (Å²) in [7, 11) is 0. The summed E-state index contributed by atoms with van der Waals surface area (Å²) in [6.07, 6.45) is 3.75. The lowest BCUT2D eigenvalue weighted by Crippen LogP contribution is -2.31. The number of nitrogens with one attached hydrogen (secondary N) is 1. The highest BCUT2D eigenvalue weighted by atomic mass is 16.5. The Labute approximate surface area is 138 Å². The van der Waals surface area contributed by atoms with E-state index in [4.69, 9.17) is 4.74 Å². The van der Waals surface area contributed by atoms with Crippen LogP contribution in [0.15, 0.2) is 54.2 Å². The van der Waals surface area contributed by atoms with Crippen molar-refractivity contribution in [2.45, 2.75) is 13.0 Å². The monoisotopic (exact) mass is 320 g/mol. The number of nitrogens with zero attached hydrogens (tertiary/aromatic N) is 3. The SMILES string of the molecule is C[C@H](NC(=O)C1=Cc2ccccc2OC1)c1nnc2ccccn12. The van der Waals surface area contributed by atoms with Crippen molar-refractivity contribution < 1.29 is 9.53 Å². The van der Waals surface area contributed by atoms with E-state index < -0.39 is 0 Å². The molecular weight excluding hydrogens is 304 g/mol. The molecule has 6 heteroatoms. The van der Waals surface area contributed by atoms with Crippen LogP contribution in [0.25, 0.3) is 11.7 Å². The Kier molecular flexibility index (Phi) is 3.49. The Morgan fingerprint density at radius 2 is 2.04 bits per heavy atom. The van der Waals surface area contributed by atoms with E-state index in [2.05, 4.69) is 15.5 Å². The van der Waals surface area contributed by atoms with Gasteiger partial charge in [0.1, 0.15) is 12.4 Å². The quantitative estimate of drug-likeness (QED) is 0.804. The number of amides is 1. The molecule has 1 aliphatic heterocycles. The maximum atomic E-state index is 12.5. The summed E-state index contributed by atoms with van der Waals surface area (Å²) in [4.78, 5) is 12.5.